The lowest BCUT2D eigenvalue weighted by molar-refractivity contribution is -0.188. The van der Waals surface area contributed by atoms with Crippen molar-refractivity contribution in [2.24, 2.45) is 0 Å². The number of carbonyl (C=O) groups excluding carboxylic acids is 2. The fraction of sp³-hybridized carbons (Fsp3) is 0.333. The zero-order valence-electron chi connectivity index (χ0n) is 6.47. The van der Waals surface area contributed by atoms with Gasteiger partial charge in [-0.3, -0.25) is 0 Å². The maximum Gasteiger partial charge on any atom is 0.389 e. The minimum atomic E-state index is -1.93. The monoisotopic (exact) mass is 198 g/mol. The van der Waals surface area contributed by atoms with Crippen molar-refractivity contribution in [2.45, 2.75) is 13.3 Å². The molecule has 0 rings (SSSR count). The van der Waals surface area contributed by atoms with Gasteiger partial charge in [0.1, 0.15) is 5.83 Å². The van der Waals surface area contributed by atoms with E-state index in [1.807, 2.05) is 0 Å². The Hall–Kier alpha value is -1.53. The summed E-state index contributed by atoms with van der Waals surface area (Å²) < 4.78 is 35.1. The molecule has 0 fully saturated rings. The SMILES string of the molecule is CCC(F)=C(C(=O)OF)C(=O)OF. The van der Waals surface area contributed by atoms with Gasteiger partial charge in [0, 0.05) is 9.05 Å². The van der Waals surface area contributed by atoms with Crippen LogP contribution in [0.4, 0.5) is 13.4 Å². The molecule has 0 radical (unpaired) electrons. The molecular weight excluding hydrogens is 193 g/mol. The van der Waals surface area contributed by atoms with Crippen molar-refractivity contribution in [2.75, 3.05) is 0 Å². The smallest absolute Gasteiger partial charge is 0.249 e. The van der Waals surface area contributed by atoms with E-state index in [0.717, 1.165) is 0 Å². The molecule has 0 bridgehead atoms. The topological polar surface area (TPSA) is 52.6 Å². The van der Waals surface area contributed by atoms with E-state index in [4.69, 9.17) is 0 Å². The molecular formula is C6H5F3O4. The Morgan fingerprint density at radius 1 is 1.15 bits per heavy atom. The molecule has 0 spiro atoms. The van der Waals surface area contributed by atoms with E-state index in [1.54, 1.807) is 0 Å². The second-order valence-corrected chi connectivity index (χ2v) is 1.86. The van der Waals surface area contributed by atoms with E-state index < -0.39 is 23.3 Å². The highest BCUT2D eigenvalue weighted by molar-refractivity contribution is 6.14. The van der Waals surface area contributed by atoms with Crippen molar-refractivity contribution < 1.29 is 32.9 Å². The zero-order valence-corrected chi connectivity index (χ0v) is 6.47. The lowest BCUT2D eigenvalue weighted by atomic mass is 10.2. The van der Waals surface area contributed by atoms with Gasteiger partial charge in [-0.2, -0.15) is 0 Å². The average molecular weight is 198 g/mol. The second-order valence-electron chi connectivity index (χ2n) is 1.86. The largest absolute Gasteiger partial charge is 0.389 e. The molecule has 0 aliphatic carbocycles. The molecule has 0 aromatic heterocycles. The molecule has 4 nitrogen and oxygen atoms in total. The van der Waals surface area contributed by atoms with Crippen LogP contribution >= 0.6 is 0 Å². The van der Waals surface area contributed by atoms with Crippen LogP contribution in [0.5, 0.6) is 0 Å². The van der Waals surface area contributed by atoms with E-state index in [9.17, 15) is 23.0 Å². The van der Waals surface area contributed by atoms with Crippen molar-refractivity contribution in [1.82, 2.24) is 0 Å². The summed E-state index contributed by atoms with van der Waals surface area (Å²) in [4.78, 5) is 25.8. The molecule has 0 heterocycles. The van der Waals surface area contributed by atoms with Gasteiger partial charge in [-0.1, -0.05) is 6.92 Å². The number of allylic oxidation sites excluding steroid dienone is 1. The van der Waals surface area contributed by atoms with E-state index >= 15 is 0 Å². The first-order chi connectivity index (χ1) is 6.08. The molecule has 0 saturated heterocycles. The highest BCUT2D eigenvalue weighted by Crippen LogP contribution is 2.14. The summed E-state index contributed by atoms with van der Waals surface area (Å²) in [6, 6.07) is 0. The van der Waals surface area contributed by atoms with Gasteiger partial charge in [0.25, 0.3) is 0 Å². The van der Waals surface area contributed by atoms with E-state index in [2.05, 4.69) is 9.88 Å². The molecule has 0 amide bonds. The van der Waals surface area contributed by atoms with Crippen molar-refractivity contribution in [3.8, 4) is 0 Å². The molecule has 0 atom stereocenters. The van der Waals surface area contributed by atoms with Crippen molar-refractivity contribution >= 4 is 11.9 Å². The number of hydrogen-bond donors (Lipinski definition) is 0. The minimum Gasteiger partial charge on any atom is -0.249 e. The molecule has 0 unspecified atom stereocenters. The van der Waals surface area contributed by atoms with Crippen LogP contribution in [-0.2, 0) is 19.5 Å². The second kappa shape index (κ2) is 5.18. The number of halogens is 3. The molecule has 0 N–H and O–H groups in total. The molecule has 0 aliphatic rings. The predicted molar refractivity (Wildman–Crippen MR) is 32.8 cm³/mol. The summed E-state index contributed by atoms with van der Waals surface area (Å²) in [7, 11) is 0. The maximum absolute atomic E-state index is 12.6. The molecule has 74 valence electrons. The number of carbonyl (C=O) groups is 2. The van der Waals surface area contributed by atoms with Gasteiger partial charge in [-0.05, 0) is 6.42 Å². The predicted octanol–water partition coefficient (Wildman–Crippen LogP) is 1.48. The minimum absolute atomic E-state index is 0.389. The fourth-order valence-corrected chi connectivity index (χ4v) is 0.559. The molecule has 0 aliphatic heterocycles. The standard InChI is InChI=1S/C6H5F3O4/c1-2-3(7)4(5(10)12-8)6(11)13-9/h2H2,1H3. The van der Waals surface area contributed by atoms with Gasteiger partial charge in [-0.25, -0.2) is 23.9 Å². The highest BCUT2D eigenvalue weighted by Gasteiger charge is 2.27. The van der Waals surface area contributed by atoms with Crippen LogP contribution in [-0.4, -0.2) is 11.9 Å². The Bertz CT molecular complexity index is 230. The lowest BCUT2D eigenvalue weighted by Gasteiger charge is -1.98. The van der Waals surface area contributed by atoms with Crippen LogP contribution in [0.3, 0.4) is 0 Å². The van der Waals surface area contributed by atoms with Gasteiger partial charge in [-0.15, -0.1) is 0 Å². The first kappa shape index (κ1) is 11.5. The Balaban J connectivity index is 4.97. The van der Waals surface area contributed by atoms with Crippen LogP contribution in [0, 0.1) is 0 Å². The summed E-state index contributed by atoms with van der Waals surface area (Å²) >= 11 is 0. The molecule has 0 saturated carbocycles. The third kappa shape index (κ3) is 2.77. The Labute approximate surface area is 70.7 Å². The van der Waals surface area contributed by atoms with Gasteiger partial charge in [0.2, 0.25) is 0 Å². The van der Waals surface area contributed by atoms with Gasteiger partial charge < -0.3 is 0 Å². The maximum atomic E-state index is 12.6. The van der Waals surface area contributed by atoms with Crippen LogP contribution in [0.15, 0.2) is 11.4 Å². The summed E-state index contributed by atoms with van der Waals surface area (Å²) in [5.74, 6) is -5.17. The Kier molecular flexibility index (Phi) is 4.57. The summed E-state index contributed by atoms with van der Waals surface area (Å²) in [6.45, 7) is 1.23. The van der Waals surface area contributed by atoms with Crippen molar-refractivity contribution in [3.63, 3.8) is 0 Å². The third-order valence-corrected chi connectivity index (χ3v) is 1.13. The van der Waals surface area contributed by atoms with Crippen LogP contribution in [0.25, 0.3) is 0 Å². The van der Waals surface area contributed by atoms with Crippen LogP contribution in [0.1, 0.15) is 13.3 Å². The third-order valence-electron chi connectivity index (χ3n) is 1.13. The summed E-state index contributed by atoms with van der Waals surface area (Å²) in [5, 5.41) is 0. The first-order valence-electron chi connectivity index (χ1n) is 3.12. The molecule has 0 aromatic rings. The Morgan fingerprint density at radius 3 is 1.77 bits per heavy atom. The quantitative estimate of drug-likeness (QED) is 0.391. The van der Waals surface area contributed by atoms with E-state index in [-0.39, 0.29) is 6.42 Å². The summed E-state index contributed by atoms with van der Waals surface area (Å²) in [6.07, 6.45) is -0.389. The zero-order chi connectivity index (χ0) is 10.4. The normalized spacial score (nSPS) is 8.92. The molecule has 13 heavy (non-hydrogen) atoms. The van der Waals surface area contributed by atoms with Gasteiger partial charge in [0.05, 0.1) is 0 Å². The average Bonchev–Trinajstić information content (AvgIpc) is 2.16. The van der Waals surface area contributed by atoms with E-state index in [0.29, 0.717) is 0 Å². The van der Waals surface area contributed by atoms with E-state index in [1.165, 1.54) is 6.92 Å². The van der Waals surface area contributed by atoms with Crippen LogP contribution < -0.4 is 0 Å². The van der Waals surface area contributed by atoms with Gasteiger partial charge in [0.15, 0.2) is 5.57 Å². The highest BCUT2D eigenvalue weighted by atomic mass is 19.3. The summed E-state index contributed by atoms with van der Waals surface area (Å²) in [5.41, 5.74) is -1.42. The van der Waals surface area contributed by atoms with Gasteiger partial charge >= 0.3 is 11.9 Å². The molecule has 0 aromatic carbocycles. The number of rotatable bonds is 3. The lowest BCUT2D eigenvalue weighted by Crippen LogP contribution is -2.15. The van der Waals surface area contributed by atoms with Crippen molar-refractivity contribution in [3.05, 3.63) is 11.4 Å². The molecule has 7 heteroatoms. The van der Waals surface area contributed by atoms with Crippen LogP contribution in [0.2, 0.25) is 0 Å². The first-order valence-corrected chi connectivity index (χ1v) is 3.12. The number of hydrogen-bond acceptors (Lipinski definition) is 4. The Morgan fingerprint density at radius 2 is 1.54 bits per heavy atom. The fourth-order valence-electron chi connectivity index (χ4n) is 0.559. The van der Waals surface area contributed by atoms with Crippen molar-refractivity contribution in [1.29, 1.82) is 0 Å².